The van der Waals surface area contributed by atoms with Crippen LogP contribution in [0.3, 0.4) is 0 Å². The molecule has 1 aliphatic carbocycles. The Balaban J connectivity index is 1.95. The summed E-state index contributed by atoms with van der Waals surface area (Å²) in [5.41, 5.74) is 1.34. The average molecular weight is 110 g/mol. The molecule has 0 nitrogen and oxygen atoms in total. The molecular formula is C8H14. The maximum Gasteiger partial charge on any atom is -0.0323 e. The third-order valence-electron chi connectivity index (χ3n) is 1.68. The molecule has 0 unspecified atom stereocenters. The van der Waals surface area contributed by atoms with E-state index >= 15 is 0 Å². The first-order chi connectivity index (χ1) is 3.79. The highest BCUT2D eigenvalue weighted by atomic mass is 14.3. The van der Waals surface area contributed by atoms with Crippen LogP contribution in [0, 0.1) is 5.92 Å². The first kappa shape index (κ1) is 5.87. The molecule has 0 heteroatoms. The Kier molecular flexibility index (Phi) is 1.72. The van der Waals surface area contributed by atoms with Gasteiger partial charge in [-0.1, -0.05) is 18.4 Å². The second kappa shape index (κ2) is 2.34. The van der Waals surface area contributed by atoms with E-state index in [2.05, 4.69) is 13.5 Å². The number of rotatable bonds is 3. The highest BCUT2D eigenvalue weighted by Crippen LogP contribution is 2.34. The Labute approximate surface area is 51.6 Å². The van der Waals surface area contributed by atoms with Crippen molar-refractivity contribution in [3.8, 4) is 0 Å². The lowest BCUT2D eigenvalue weighted by molar-refractivity contribution is 0.723. The molecular weight excluding hydrogens is 96.1 g/mol. The van der Waals surface area contributed by atoms with E-state index in [0.717, 1.165) is 5.92 Å². The lowest BCUT2D eigenvalue weighted by atomic mass is 10.1. The van der Waals surface area contributed by atoms with Gasteiger partial charge in [-0.2, -0.15) is 0 Å². The zero-order chi connectivity index (χ0) is 5.98. The van der Waals surface area contributed by atoms with Gasteiger partial charge in [-0.15, -0.1) is 6.58 Å². The van der Waals surface area contributed by atoms with E-state index in [1.807, 2.05) is 0 Å². The van der Waals surface area contributed by atoms with Gasteiger partial charge in [0.1, 0.15) is 0 Å². The molecule has 0 aromatic heterocycles. The monoisotopic (exact) mass is 110 g/mol. The fourth-order valence-corrected chi connectivity index (χ4v) is 0.857. The van der Waals surface area contributed by atoms with E-state index in [1.165, 1.54) is 31.3 Å². The van der Waals surface area contributed by atoms with Crippen LogP contribution in [-0.4, -0.2) is 0 Å². The van der Waals surface area contributed by atoms with Gasteiger partial charge < -0.3 is 0 Å². The molecule has 1 saturated carbocycles. The summed E-state index contributed by atoms with van der Waals surface area (Å²) in [6, 6.07) is 0. The van der Waals surface area contributed by atoms with Crippen molar-refractivity contribution in [2.45, 2.75) is 32.6 Å². The van der Waals surface area contributed by atoms with Gasteiger partial charge in [0.25, 0.3) is 0 Å². The summed E-state index contributed by atoms with van der Waals surface area (Å²) >= 11 is 0. The molecule has 46 valence electrons. The van der Waals surface area contributed by atoms with E-state index < -0.39 is 0 Å². The van der Waals surface area contributed by atoms with Crippen molar-refractivity contribution in [1.29, 1.82) is 0 Å². The van der Waals surface area contributed by atoms with Crippen molar-refractivity contribution < 1.29 is 0 Å². The molecule has 1 rings (SSSR count). The first-order valence-electron chi connectivity index (χ1n) is 3.43. The van der Waals surface area contributed by atoms with Crippen LogP contribution in [0.25, 0.3) is 0 Å². The minimum atomic E-state index is 1.08. The predicted octanol–water partition coefficient (Wildman–Crippen LogP) is 2.75. The van der Waals surface area contributed by atoms with Crippen LogP contribution in [-0.2, 0) is 0 Å². The van der Waals surface area contributed by atoms with Gasteiger partial charge in [0.05, 0.1) is 0 Å². The summed E-state index contributed by atoms with van der Waals surface area (Å²) in [5.74, 6) is 1.08. The molecule has 1 fully saturated rings. The van der Waals surface area contributed by atoms with Gasteiger partial charge in [0.15, 0.2) is 0 Å². The van der Waals surface area contributed by atoms with Crippen molar-refractivity contribution in [3.05, 3.63) is 12.2 Å². The van der Waals surface area contributed by atoms with E-state index in [0.29, 0.717) is 0 Å². The van der Waals surface area contributed by atoms with Crippen molar-refractivity contribution in [1.82, 2.24) is 0 Å². The van der Waals surface area contributed by atoms with Crippen molar-refractivity contribution in [3.63, 3.8) is 0 Å². The zero-order valence-corrected chi connectivity index (χ0v) is 5.61. The Hall–Kier alpha value is -0.260. The molecule has 8 heavy (non-hydrogen) atoms. The number of hydrogen-bond donors (Lipinski definition) is 0. The minimum Gasteiger partial charge on any atom is -0.100 e. The fourth-order valence-electron chi connectivity index (χ4n) is 0.857. The molecule has 0 saturated heterocycles. The molecule has 0 radical (unpaired) electrons. The second-order valence-corrected chi connectivity index (χ2v) is 2.94. The molecule has 0 aliphatic heterocycles. The molecule has 0 aromatic rings. The van der Waals surface area contributed by atoms with Gasteiger partial charge in [-0.25, -0.2) is 0 Å². The van der Waals surface area contributed by atoms with E-state index in [-0.39, 0.29) is 0 Å². The SMILES string of the molecule is C=C(C)CCC1CC1. The summed E-state index contributed by atoms with van der Waals surface area (Å²) < 4.78 is 0. The van der Waals surface area contributed by atoms with Gasteiger partial charge in [0, 0.05) is 0 Å². The summed E-state index contributed by atoms with van der Waals surface area (Å²) in [5, 5.41) is 0. The Bertz CT molecular complexity index is 88.2. The summed E-state index contributed by atoms with van der Waals surface area (Å²) in [6.07, 6.45) is 5.61. The summed E-state index contributed by atoms with van der Waals surface area (Å²) in [4.78, 5) is 0. The van der Waals surface area contributed by atoms with Crippen LogP contribution in [0.4, 0.5) is 0 Å². The van der Waals surface area contributed by atoms with E-state index in [9.17, 15) is 0 Å². The topological polar surface area (TPSA) is 0 Å². The quantitative estimate of drug-likeness (QED) is 0.490. The number of hydrogen-bond acceptors (Lipinski definition) is 0. The van der Waals surface area contributed by atoms with Crippen molar-refractivity contribution >= 4 is 0 Å². The smallest absolute Gasteiger partial charge is 0.0323 e. The van der Waals surface area contributed by atoms with Crippen LogP contribution in [0.5, 0.6) is 0 Å². The van der Waals surface area contributed by atoms with E-state index in [1.54, 1.807) is 0 Å². The lowest BCUT2D eigenvalue weighted by Gasteiger charge is -1.93. The predicted molar refractivity (Wildman–Crippen MR) is 36.8 cm³/mol. The van der Waals surface area contributed by atoms with Crippen LogP contribution < -0.4 is 0 Å². The maximum atomic E-state index is 3.85. The molecule has 0 spiro atoms. The van der Waals surface area contributed by atoms with Crippen molar-refractivity contribution in [2.24, 2.45) is 5.92 Å². The third-order valence-corrected chi connectivity index (χ3v) is 1.68. The minimum absolute atomic E-state index is 1.08. The Morgan fingerprint density at radius 1 is 1.62 bits per heavy atom. The Morgan fingerprint density at radius 3 is 2.62 bits per heavy atom. The number of allylic oxidation sites excluding steroid dienone is 1. The first-order valence-corrected chi connectivity index (χ1v) is 3.43. The molecule has 0 amide bonds. The molecule has 0 atom stereocenters. The molecule has 0 heterocycles. The average Bonchev–Trinajstić information content (AvgIpc) is 2.41. The molecule has 0 aromatic carbocycles. The standard InChI is InChI=1S/C8H14/c1-7(2)3-4-8-5-6-8/h8H,1,3-6H2,2H3. The van der Waals surface area contributed by atoms with Crippen LogP contribution in [0.1, 0.15) is 32.6 Å². The second-order valence-electron chi connectivity index (χ2n) is 2.94. The van der Waals surface area contributed by atoms with Crippen LogP contribution in [0.15, 0.2) is 12.2 Å². The molecule has 0 N–H and O–H groups in total. The summed E-state index contributed by atoms with van der Waals surface area (Å²) in [6.45, 7) is 5.97. The van der Waals surface area contributed by atoms with Crippen LogP contribution in [0.2, 0.25) is 0 Å². The molecule has 0 bridgehead atoms. The highest BCUT2D eigenvalue weighted by molar-refractivity contribution is 4.89. The van der Waals surface area contributed by atoms with E-state index in [4.69, 9.17) is 0 Å². The third kappa shape index (κ3) is 2.15. The lowest BCUT2D eigenvalue weighted by Crippen LogP contribution is -1.76. The highest BCUT2D eigenvalue weighted by Gasteiger charge is 2.19. The Morgan fingerprint density at radius 2 is 2.25 bits per heavy atom. The fraction of sp³-hybridized carbons (Fsp3) is 0.750. The normalized spacial score (nSPS) is 18.6. The summed E-state index contributed by atoms with van der Waals surface area (Å²) in [7, 11) is 0. The zero-order valence-electron chi connectivity index (χ0n) is 5.61. The van der Waals surface area contributed by atoms with Gasteiger partial charge in [0.2, 0.25) is 0 Å². The van der Waals surface area contributed by atoms with Crippen LogP contribution >= 0.6 is 0 Å². The largest absolute Gasteiger partial charge is 0.100 e. The van der Waals surface area contributed by atoms with Gasteiger partial charge >= 0.3 is 0 Å². The molecule has 1 aliphatic rings. The van der Waals surface area contributed by atoms with Gasteiger partial charge in [-0.3, -0.25) is 0 Å². The van der Waals surface area contributed by atoms with Crippen molar-refractivity contribution in [2.75, 3.05) is 0 Å². The van der Waals surface area contributed by atoms with Gasteiger partial charge in [-0.05, 0) is 25.7 Å². The maximum absolute atomic E-state index is 3.85.